The van der Waals surface area contributed by atoms with Gasteiger partial charge < -0.3 is 20.3 Å². The number of fused-ring (bicyclic) bond motifs is 1. The first-order valence-corrected chi connectivity index (χ1v) is 9.17. The van der Waals surface area contributed by atoms with Crippen LogP contribution in [0.25, 0.3) is 11.1 Å². The summed E-state index contributed by atoms with van der Waals surface area (Å²) >= 11 is 0. The van der Waals surface area contributed by atoms with Gasteiger partial charge in [-0.1, -0.05) is 32.9 Å². The molecule has 9 nitrogen and oxygen atoms in total. The highest BCUT2D eigenvalue weighted by atomic mass is 16.5. The van der Waals surface area contributed by atoms with E-state index in [0.29, 0.717) is 28.8 Å². The zero-order valence-electron chi connectivity index (χ0n) is 16.7. The normalized spacial score (nSPS) is 12.4. The number of aromatic nitrogens is 2. The van der Waals surface area contributed by atoms with E-state index in [1.54, 1.807) is 13.0 Å². The summed E-state index contributed by atoms with van der Waals surface area (Å²) in [6, 6.07) is 0.661. The van der Waals surface area contributed by atoms with Gasteiger partial charge in [-0.2, -0.15) is 0 Å². The topological polar surface area (TPSA) is 134 Å². The average molecular weight is 390 g/mol. The van der Waals surface area contributed by atoms with E-state index in [1.807, 2.05) is 27.7 Å². The lowest BCUT2D eigenvalue weighted by Gasteiger charge is -2.16. The van der Waals surface area contributed by atoms with Crippen LogP contribution in [0.15, 0.2) is 10.6 Å². The summed E-state index contributed by atoms with van der Waals surface area (Å²) in [5.74, 6) is -1.99. The van der Waals surface area contributed by atoms with E-state index in [2.05, 4.69) is 20.8 Å². The minimum absolute atomic E-state index is 0.0667. The number of hydrogen-bond donors (Lipinski definition) is 3. The van der Waals surface area contributed by atoms with Crippen LogP contribution < -0.4 is 10.6 Å². The molecule has 0 saturated carbocycles. The Hall–Kier alpha value is -2.97. The zero-order valence-corrected chi connectivity index (χ0v) is 16.7. The van der Waals surface area contributed by atoms with Crippen molar-refractivity contribution in [1.29, 1.82) is 0 Å². The molecular formula is C19H26N4O5. The van der Waals surface area contributed by atoms with Crippen LogP contribution in [0.1, 0.15) is 61.8 Å². The molecule has 3 N–H and O–H groups in total. The highest BCUT2D eigenvalue weighted by Gasteiger charge is 2.23. The number of carbonyl (C=O) groups excluding carboxylic acids is 2. The predicted octanol–water partition coefficient (Wildman–Crippen LogP) is 2.00. The summed E-state index contributed by atoms with van der Waals surface area (Å²) in [6.07, 6.45) is 0.303. The first-order chi connectivity index (χ1) is 13.1. The van der Waals surface area contributed by atoms with Crippen LogP contribution >= 0.6 is 0 Å². The van der Waals surface area contributed by atoms with Gasteiger partial charge in [0.05, 0.1) is 23.2 Å². The molecule has 0 aromatic carbocycles. The Morgan fingerprint density at radius 1 is 1.21 bits per heavy atom. The van der Waals surface area contributed by atoms with Crippen LogP contribution in [0.4, 0.5) is 0 Å². The lowest BCUT2D eigenvalue weighted by molar-refractivity contribution is -0.142. The molecule has 152 valence electrons. The summed E-state index contributed by atoms with van der Waals surface area (Å²) in [5.41, 5.74) is 1.77. The molecule has 9 heteroatoms. The molecule has 28 heavy (non-hydrogen) atoms. The van der Waals surface area contributed by atoms with Gasteiger partial charge in [-0.05, 0) is 31.2 Å². The van der Waals surface area contributed by atoms with Gasteiger partial charge in [0, 0.05) is 5.69 Å². The first kappa shape index (κ1) is 21.3. The Bertz CT molecular complexity index is 888. The molecule has 0 unspecified atom stereocenters. The third kappa shape index (κ3) is 5.05. The van der Waals surface area contributed by atoms with Crippen molar-refractivity contribution in [2.24, 2.45) is 5.92 Å². The monoisotopic (exact) mass is 390 g/mol. The number of nitrogens with one attached hydrogen (secondary N) is 2. The van der Waals surface area contributed by atoms with E-state index in [4.69, 9.17) is 4.52 Å². The summed E-state index contributed by atoms with van der Waals surface area (Å²) in [6.45, 7) is 8.97. The number of hydrogen-bond acceptors (Lipinski definition) is 6. The second-order valence-electron chi connectivity index (χ2n) is 7.47. The van der Waals surface area contributed by atoms with Crippen molar-refractivity contribution in [1.82, 2.24) is 20.8 Å². The molecule has 0 spiro atoms. The molecule has 0 aliphatic carbocycles. The fraction of sp³-hybridized carbons (Fsp3) is 0.526. The number of carboxylic acids is 1. The molecule has 2 amide bonds. The smallest absolute Gasteiger partial charge is 0.326 e. The summed E-state index contributed by atoms with van der Waals surface area (Å²) in [5, 5.41) is 18.5. The van der Waals surface area contributed by atoms with Gasteiger partial charge in [0.1, 0.15) is 6.04 Å². The van der Waals surface area contributed by atoms with Gasteiger partial charge in [-0.3, -0.25) is 9.59 Å². The minimum atomic E-state index is -1.11. The number of aliphatic carboxylic acids is 1. The van der Waals surface area contributed by atoms with Gasteiger partial charge in [0.2, 0.25) is 5.91 Å². The van der Waals surface area contributed by atoms with E-state index in [0.717, 1.165) is 0 Å². The molecule has 0 bridgehead atoms. The van der Waals surface area contributed by atoms with E-state index in [9.17, 15) is 19.5 Å². The standard InChI is InChI=1S/C19H26N4O5/c1-9(2)6-14(19(26)27)21-15(24)8-20-17(25)12-7-13(10(3)4)22-18-16(12)11(5)23-28-18/h7,9-10,14H,6,8H2,1-5H3,(H,20,25)(H,21,24)(H,26,27)/t14-/m0/s1. The maximum atomic E-state index is 12.7. The Labute approximate surface area is 162 Å². The number of carbonyl (C=O) groups is 3. The average Bonchev–Trinajstić information content (AvgIpc) is 2.99. The third-order valence-corrected chi connectivity index (χ3v) is 4.22. The second kappa shape index (κ2) is 8.81. The predicted molar refractivity (Wildman–Crippen MR) is 102 cm³/mol. The second-order valence-corrected chi connectivity index (χ2v) is 7.47. The van der Waals surface area contributed by atoms with Gasteiger partial charge >= 0.3 is 5.97 Å². The van der Waals surface area contributed by atoms with Crippen LogP contribution in [-0.2, 0) is 9.59 Å². The quantitative estimate of drug-likeness (QED) is 0.627. The Morgan fingerprint density at radius 2 is 1.89 bits per heavy atom. The van der Waals surface area contributed by atoms with Gasteiger partial charge in [-0.15, -0.1) is 0 Å². The van der Waals surface area contributed by atoms with Crippen molar-refractivity contribution >= 4 is 28.9 Å². The Kier molecular flexibility index (Phi) is 6.71. The summed E-state index contributed by atoms with van der Waals surface area (Å²) < 4.78 is 5.19. The number of carboxylic acid groups (broad SMARTS) is 1. The van der Waals surface area contributed by atoms with Crippen molar-refractivity contribution in [3.8, 4) is 0 Å². The molecule has 0 saturated heterocycles. The first-order valence-electron chi connectivity index (χ1n) is 9.17. The van der Waals surface area contributed by atoms with E-state index < -0.39 is 23.8 Å². The molecule has 2 rings (SSSR count). The van der Waals surface area contributed by atoms with Gasteiger partial charge in [0.15, 0.2) is 0 Å². The number of rotatable bonds is 8. The van der Waals surface area contributed by atoms with Crippen LogP contribution in [0, 0.1) is 12.8 Å². The molecular weight excluding hydrogens is 364 g/mol. The molecule has 0 aliphatic heterocycles. The van der Waals surface area contributed by atoms with E-state index in [1.165, 1.54) is 0 Å². The van der Waals surface area contributed by atoms with Gasteiger partial charge in [0.25, 0.3) is 11.6 Å². The molecule has 0 radical (unpaired) electrons. The van der Waals surface area contributed by atoms with Crippen LogP contribution in [0.3, 0.4) is 0 Å². The van der Waals surface area contributed by atoms with Crippen molar-refractivity contribution in [2.45, 2.75) is 53.0 Å². The van der Waals surface area contributed by atoms with E-state index in [-0.39, 0.29) is 24.1 Å². The van der Waals surface area contributed by atoms with Crippen molar-refractivity contribution in [2.75, 3.05) is 6.54 Å². The summed E-state index contributed by atoms with van der Waals surface area (Å²) in [4.78, 5) is 40.4. The lowest BCUT2D eigenvalue weighted by atomic mass is 10.0. The van der Waals surface area contributed by atoms with E-state index >= 15 is 0 Å². The molecule has 2 heterocycles. The van der Waals surface area contributed by atoms with Crippen molar-refractivity contribution in [3.63, 3.8) is 0 Å². The van der Waals surface area contributed by atoms with Gasteiger partial charge in [-0.25, -0.2) is 9.78 Å². The molecule has 0 fully saturated rings. The van der Waals surface area contributed by atoms with Crippen LogP contribution in [0.2, 0.25) is 0 Å². The number of pyridine rings is 1. The highest BCUT2D eigenvalue weighted by Crippen LogP contribution is 2.24. The molecule has 0 aliphatic rings. The highest BCUT2D eigenvalue weighted by molar-refractivity contribution is 6.07. The summed E-state index contributed by atoms with van der Waals surface area (Å²) in [7, 11) is 0. The number of nitrogens with zero attached hydrogens (tertiary/aromatic N) is 2. The fourth-order valence-corrected chi connectivity index (χ4v) is 2.78. The largest absolute Gasteiger partial charge is 0.480 e. The molecule has 2 aromatic rings. The maximum absolute atomic E-state index is 12.7. The molecule has 2 aromatic heterocycles. The van der Waals surface area contributed by atoms with Crippen molar-refractivity contribution < 1.29 is 24.0 Å². The SMILES string of the molecule is Cc1noc2nc(C(C)C)cc(C(=O)NCC(=O)N[C@@H](CC(C)C)C(=O)O)c12. The lowest BCUT2D eigenvalue weighted by Crippen LogP contribution is -2.46. The Morgan fingerprint density at radius 3 is 2.46 bits per heavy atom. The Balaban J connectivity index is 2.13. The fourth-order valence-electron chi connectivity index (χ4n) is 2.78. The number of aryl methyl sites for hydroxylation is 1. The van der Waals surface area contributed by atoms with Crippen LogP contribution in [-0.4, -0.2) is 45.6 Å². The maximum Gasteiger partial charge on any atom is 0.326 e. The molecule has 1 atom stereocenters. The zero-order chi connectivity index (χ0) is 21.0. The van der Waals surface area contributed by atoms with Crippen molar-refractivity contribution in [3.05, 3.63) is 23.0 Å². The minimum Gasteiger partial charge on any atom is -0.480 e. The third-order valence-electron chi connectivity index (χ3n) is 4.22. The van der Waals surface area contributed by atoms with Crippen LogP contribution in [0.5, 0.6) is 0 Å². The number of amides is 2.